The zero-order valence-electron chi connectivity index (χ0n) is 11.7. The molecule has 22 heavy (non-hydrogen) atoms. The summed E-state index contributed by atoms with van der Waals surface area (Å²) in [7, 11) is 0. The molecule has 0 aromatic carbocycles. The Morgan fingerprint density at radius 3 is 2.95 bits per heavy atom. The number of nitrogens with zero attached hydrogens (tertiary/aromatic N) is 5. The molecule has 3 aromatic heterocycles. The van der Waals surface area contributed by atoms with Gasteiger partial charge in [-0.25, -0.2) is 9.50 Å². The van der Waals surface area contributed by atoms with Crippen LogP contribution in [-0.4, -0.2) is 30.7 Å². The molecule has 0 saturated carbocycles. The number of halogens is 1. The van der Waals surface area contributed by atoms with Crippen LogP contribution >= 0.6 is 22.9 Å². The molecule has 3 heterocycles. The van der Waals surface area contributed by atoms with E-state index in [0.29, 0.717) is 15.8 Å². The fourth-order valence-corrected chi connectivity index (χ4v) is 2.77. The molecular weight excluding hydrogens is 326 g/mol. The molecule has 0 aliphatic heterocycles. The zero-order chi connectivity index (χ0) is 15.9. The highest BCUT2D eigenvalue weighted by Crippen LogP contribution is 2.23. The number of anilines is 1. The highest BCUT2D eigenvalue weighted by atomic mass is 35.5. The average molecular weight is 338 g/mol. The van der Waals surface area contributed by atoms with Crippen molar-refractivity contribution >= 4 is 39.6 Å². The van der Waals surface area contributed by atoms with Gasteiger partial charge in [-0.2, -0.15) is 5.10 Å². The minimum absolute atomic E-state index is 0.115. The smallest absolute Gasteiger partial charge is 0.274 e. The topological polar surface area (TPSA) is 111 Å². The van der Waals surface area contributed by atoms with Gasteiger partial charge in [0.05, 0.1) is 6.04 Å². The lowest BCUT2D eigenvalue weighted by Crippen LogP contribution is -2.27. The van der Waals surface area contributed by atoms with E-state index in [9.17, 15) is 4.79 Å². The maximum atomic E-state index is 12.3. The van der Waals surface area contributed by atoms with Gasteiger partial charge >= 0.3 is 0 Å². The molecule has 1 amide bonds. The number of nitrogens with one attached hydrogen (secondary N) is 1. The molecule has 0 spiro atoms. The van der Waals surface area contributed by atoms with E-state index in [-0.39, 0.29) is 16.8 Å². The first-order valence-corrected chi connectivity index (χ1v) is 7.55. The van der Waals surface area contributed by atoms with Crippen molar-refractivity contribution in [2.75, 3.05) is 5.73 Å². The summed E-state index contributed by atoms with van der Waals surface area (Å²) in [5.41, 5.74) is 7.00. The lowest BCUT2D eigenvalue weighted by atomic mass is 10.3. The second-order valence-corrected chi connectivity index (χ2v) is 6.15. The van der Waals surface area contributed by atoms with E-state index in [0.717, 1.165) is 5.56 Å². The van der Waals surface area contributed by atoms with E-state index in [4.69, 9.17) is 17.3 Å². The van der Waals surface area contributed by atoms with Crippen molar-refractivity contribution in [3.05, 3.63) is 33.7 Å². The summed E-state index contributed by atoms with van der Waals surface area (Å²) < 4.78 is 1.49. The Bertz CT molecular complexity index is 858. The quantitative estimate of drug-likeness (QED) is 0.751. The Morgan fingerprint density at radius 2 is 2.27 bits per heavy atom. The minimum atomic E-state index is -0.408. The molecule has 10 heteroatoms. The largest absolute Gasteiger partial charge is 0.374 e. The lowest BCUT2D eigenvalue weighted by Gasteiger charge is -2.08. The third kappa shape index (κ3) is 2.60. The van der Waals surface area contributed by atoms with Gasteiger partial charge < -0.3 is 11.1 Å². The van der Waals surface area contributed by atoms with Crippen molar-refractivity contribution < 1.29 is 4.79 Å². The number of hydrogen-bond acceptors (Lipinski definition) is 7. The van der Waals surface area contributed by atoms with Gasteiger partial charge in [0, 0.05) is 12.4 Å². The number of aryl methyl sites for hydroxylation is 1. The van der Waals surface area contributed by atoms with Crippen molar-refractivity contribution in [2.45, 2.75) is 19.9 Å². The summed E-state index contributed by atoms with van der Waals surface area (Å²) in [6.07, 6.45) is 3.41. The van der Waals surface area contributed by atoms with E-state index in [1.54, 1.807) is 19.3 Å². The van der Waals surface area contributed by atoms with Crippen LogP contribution in [0.25, 0.3) is 5.65 Å². The normalized spacial score (nSPS) is 12.5. The van der Waals surface area contributed by atoms with Crippen LogP contribution < -0.4 is 11.1 Å². The number of nitrogens with two attached hydrogens (primary N) is 1. The fourth-order valence-electron chi connectivity index (χ4n) is 1.89. The Labute approximate surface area is 134 Å². The van der Waals surface area contributed by atoms with Gasteiger partial charge in [-0.3, -0.25) is 4.79 Å². The van der Waals surface area contributed by atoms with Gasteiger partial charge in [-0.1, -0.05) is 22.9 Å². The molecule has 1 atom stereocenters. The Hall–Kier alpha value is -2.26. The lowest BCUT2D eigenvalue weighted by molar-refractivity contribution is 0.0934. The number of carbonyl (C=O) groups is 1. The predicted molar refractivity (Wildman–Crippen MR) is 82.9 cm³/mol. The number of amides is 1. The van der Waals surface area contributed by atoms with Gasteiger partial charge in [0.2, 0.25) is 5.13 Å². The summed E-state index contributed by atoms with van der Waals surface area (Å²) in [6.45, 7) is 3.66. The van der Waals surface area contributed by atoms with Gasteiger partial charge in [0.25, 0.3) is 5.91 Å². The molecule has 3 N–H and O–H groups in total. The van der Waals surface area contributed by atoms with Crippen LogP contribution in [0.15, 0.2) is 12.4 Å². The van der Waals surface area contributed by atoms with E-state index in [1.165, 1.54) is 15.9 Å². The number of aromatic nitrogens is 5. The maximum Gasteiger partial charge on any atom is 0.274 e. The molecule has 0 aliphatic carbocycles. The third-order valence-electron chi connectivity index (χ3n) is 2.93. The number of carbonyl (C=O) groups excluding carboxylic acids is 1. The molecule has 114 valence electrons. The number of nitrogen functional groups attached to an aromatic ring is 1. The van der Waals surface area contributed by atoms with Gasteiger partial charge in [0.15, 0.2) is 11.3 Å². The Morgan fingerprint density at radius 1 is 1.50 bits per heavy atom. The van der Waals surface area contributed by atoms with Gasteiger partial charge in [-0.15, -0.1) is 10.2 Å². The second kappa shape index (κ2) is 5.50. The van der Waals surface area contributed by atoms with Crippen molar-refractivity contribution in [1.29, 1.82) is 0 Å². The summed E-state index contributed by atoms with van der Waals surface area (Å²) in [5, 5.41) is 15.7. The molecule has 3 rings (SSSR count). The zero-order valence-corrected chi connectivity index (χ0v) is 13.3. The monoisotopic (exact) mass is 337 g/mol. The van der Waals surface area contributed by atoms with Crippen LogP contribution in [0.5, 0.6) is 0 Å². The molecule has 0 fully saturated rings. The fraction of sp³-hybridized carbons (Fsp3) is 0.250. The van der Waals surface area contributed by atoms with Crippen LogP contribution in [-0.2, 0) is 0 Å². The molecule has 8 nitrogen and oxygen atoms in total. The van der Waals surface area contributed by atoms with E-state index >= 15 is 0 Å². The highest BCUT2D eigenvalue weighted by molar-refractivity contribution is 7.15. The maximum absolute atomic E-state index is 12.3. The Kier molecular flexibility index (Phi) is 3.67. The predicted octanol–water partition coefficient (Wildman–Crippen LogP) is 1.62. The minimum Gasteiger partial charge on any atom is -0.374 e. The first-order valence-electron chi connectivity index (χ1n) is 6.36. The first kappa shape index (κ1) is 14.7. The van der Waals surface area contributed by atoms with Gasteiger partial charge in [-0.05, 0) is 19.4 Å². The van der Waals surface area contributed by atoms with Crippen molar-refractivity contribution in [2.24, 2.45) is 0 Å². The SMILES string of the molecule is Cc1cnc2c(Cl)c(C(=O)NC(C)c3nnc(N)s3)nn2c1. The third-order valence-corrected chi connectivity index (χ3v) is 4.22. The summed E-state index contributed by atoms with van der Waals surface area (Å²) in [6, 6.07) is -0.349. The summed E-state index contributed by atoms with van der Waals surface area (Å²) in [5.74, 6) is -0.408. The Balaban J connectivity index is 1.87. The first-order chi connectivity index (χ1) is 10.5. The van der Waals surface area contributed by atoms with E-state index < -0.39 is 5.91 Å². The van der Waals surface area contributed by atoms with Crippen molar-refractivity contribution in [3.63, 3.8) is 0 Å². The number of rotatable bonds is 3. The summed E-state index contributed by atoms with van der Waals surface area (Å²) in [4.78, 5) is 16.5. The molecule has 0 saturated heterocycles. The average Bonchev–Trinajstić information content (AvgIpc) is 3.03. The summed E-state index contributed by atoms with van der Waals surface area (Å²) >= 11 is 7.40. The van der Waals surface area contributed by atoms with Crippen LogP contribution in [0.3, 0.4) is 0 Å². The highest BCUT2D eigenvalue weighted by Gasteiger charge is 2.22. The van der Waals surface area contributed by atoms with Crippen LogP contribution in [0, 0.1) is 6.92 Å². The molecule has 1 unspecified atom stereocenters. The molecule has 0 bridgehead atoms. The van der Waals surface area contributed by atoms with Crippen LogP contribution in [0.2, 0.25) is 5.02 Å². The molecule has 0 radical (unpaired) electrons. The molecule has 3 aromatic rings. The van der Waals surface area contributed by atoms with E-state index in [1.807, 2.05) is 6.92 Å². The number of fused-ring (bicyclic) bond motifs is 1. The van der Waals surface area contributed by atoms with Crippen molar-refractivity contribution in [1.82, 2.24) is 30.1 Å². The van der Waals surface area contributed by atoms with Crippen LogP contribution in [0.4, 0.5) is 5.13 Å². The second-order valence-electron chi connectivity index (χ2n) is 4.74. The van der Waals surface area contributed by atoms with Crippen molar-refractivity contribution in [3.8, 4) is 0 Å². The van der Waals surface area contributed by atoms with Gasteiger partial charge in [0.1, 0.15) is 10.0 Å². The molecular formula is C12H12ClN7OS. The number of hydrogen-bond donors (Lipinski definition) is 2. The van der Waals surface area contributed by atoms with Crippen LogP contribution in [0.1, 0.15) is 34.0 Å². The van der Waals surface area contributed by atoms with E-state index in [2.05, 4.69) is 25.6 Å². The standard InChI is InChI=1S/C12H12ClN7OS/c1-5-3-15-9-7(13)8(19-20(9)4-5)10(21)16-6(2)11-17-18-12(14)22-11/h3-4,6H,1-2H3,(H2,14,18)(H,16,21). The molecule has 0 aliphatic rings.